The van der Waals surface area contributed by atoms with Crippen molar-refractivity contribution in [2.45, 2.75) is 26.2 Å². The van der Waals surface area contributed by atoms with Gasteiger partial charge in [0.05, 0.1) is 0 Å². The van der Waals surface area contributed by atoms with E-state index in [2.05, 4.69) is 6.92 Å². The van der Waals surface area contributed by atoms with Gasteiger partial charge in [-0.2, -0.15) is 0 Å². The summed E-state index contributed by atoms with van der Waals surface area (Å²) < 4.78 is 13.2. The molecule has 0 unspecified atom stereocenters. The van der Waals surface area contributed by atoms with Crippen LogP contribution in [0.3, 0.4) is 0 Å². The highest BCUT2D eigenvalue weighted by atomic mass is 19.1. The summed E-state index contributed by atoms with van der Waals surface area (Å²) in [6.45, 7) is 5.68. The molecule has 0 aliphatic carbocycles. The Morgan fingerprint density at radius 2 is 2.17 bits per heavy atom. The van der Waals surface area contributed by atoms with Crippen molar-refractivity contribution in [1.29, 1.82) is 0 Å². The predicted molar refractivity (Wildman–Crippen MR) is 49.4 cm³/mol. The lowest BCUT2D eigenvalue weighted by Gasteiger charge is -2.05. The molecule has 0 nitrogen and oxygen atoms in total. The van der Waals surface area contributed by atoms with E-state index in [4.69, 9.17) is 0 Å². The van der Waals surface area contributed by atoms with Gasteiger partial charge in [0, 0.05) is 0 Å². The lowest BCUT2D eigenvalue weighted by atomic mass is 10.0. The van der Waals surface area contributed by atoms with Gasteiger partial charge >= 0.3 is 0 Å². The highest BCUT2D eigenvalue weighted by molar-refractivity contribution is 5.27. The Balaban J connectivity index is 2.81. The average molecular weight is 165 g/mol. The van der Waals surface area contributed by atoms with E-state index in [1.807, 2.05) is 13.0 Å². The molecular weight excluding hydrogens is 151 g/mol. The standard InChI is InChI=1S/C11H14F/c1-3-4-7-10-9(2)6-5-8-11(10)12/h5-6,8H,1,3-4,7H2,2H3. The van der Waals surface area contributed by atoms with E-state index in [9.17, 15) is 4.39 Å². The maximum Gasteiger partial charge on any atom is 0.126 e. The average Bonchev–Trinajstić information content (AvgIpc) is 2.04. The largest absolute Gasteiger partial charge is 0.207 e. The van der Waals surface area contributed by atoms with Crippen LogP contribution < -0.4 is 0 Å². The van der Waals surface area contributed by atoms with Gasteiger partial charge in [-0.25, -0.2) is 4.39 Å². The molecule has 1 heteroatoms. The first kappa shape index (κ1) is 9.24. The van der Waals surface area contributed by atoms with Gasteiger partial charge in [0.1, 0.15) is 5.82 Å². The summed E-state index contributed by atoms with van der Waals surface area (Å²) in [4.78, 5) is 0. The fourth-order valence-electron chi connectivity index (χ4n) is 1.28. The van der Waals surface area contributed by atoms with E-state index in [0.29, 0.717) is 0 Å². The zero-order valence-corrected chi connectivity index (χ0v) is 7.44. The first-order valence-electron chi connectivity index (χ1n) is 4.29. The molecule has 0 aliphatic heterocycles. The zero-order chi connectivity index (χ0) is 8.97. The number of hydrogen-bond acceptors (Lipinski definition) is 0. The summed E-state index contributed by atoms with van der Waals surface area (Å²) in [5, 5.41) is 0. The second-order valence-electron chi connectivity index (χ2n) is 2.99. The predicted octanol–water partition coefficient (Wildman–Crippen LogP) is 3.29. The third-order valence-electron chi connectivity index (χ3n) is 2.03. The molecule has 0 aliphatic rings. The van der Waals surface area contributed by atoms with Crippen molar-refractivity contribution in [1.82, 2.24) is 0 Å². The smallest absolute Gasteiger partial charge is 0.126 e. The lowest BCUT2D eigenvalue weighted by Crippen LogP contribution is -1.93. The van der Waals surface area contributed by atoms with E-state index in [1.54, 1.807) is 6.07 Å². The van der Waals surface area contributed by atoms with E-state index < -0.39 is 0 Å². The second kappa shape index (κ2) is 4.24. The third-order valence-corrected chi connectivity index (χ3v) is 2.03. The minimum absolute atomic E-state index is 0.0801. The number of rotatable bonds is 3. The zero-order valence-electron chi connectivity index (χ0n) is 7.44. The molecule has 0 N–H and O–H groups in total. The van der Waals surface area contributed by atoms with E-state index in [1.165, 1.54) is 6.07 Å². The quantitative estimate of drug-likeness (QED) is 0.644. The van der Waals surface area contributed by atoms with Crippen molar-refractivity contribution in [2.75, 3.05) is 0 Å². The van der Waals surface area contributed by atoms with Crippen molar-refractivity contribution >= 4 is 0 Å². The Morgan fingerprint density at radius 1 is 1.42 bits per heavy atom. The minimum atomic E-state index is -0.0801. The summed E-state index contributed by atoms with van der Waals surface area (Å²) in [6.07, 6.45) is 2.64. The molecule has 0 spiro atoms. The number of hydrogen-bond donors (Lipinski definition) is 0. The third kappa shape index (κ3) is 2.07. The molecular formula is C11H14F. The van der Waals surface area contributed by atoms with Crippen molar-refractivity contribution in [3.05, 3.63) is 42.1 Å². The summed E-state index contributed by atoms with van der Waals surface area (Å²) in [7, 11) is 0. The molecule has 1 aromatic rings. The molecule has 12 heavy (non-hydrogen) atoms. The molecule has 0 saturated carbocycles. The maximum absolute atomic E-state index is 13.2. The molecule has 1 radical (unpaired) electrons. The highest BCUT2D eigenvalue weighted by Crippen LogP contribution is 2.14. The Hall–Kier alpha value is -0.850. The number of halogens is 1. The van der Waals surface area contributed by atoms with Gasteiger partial charge in [-0.05, 0) is 37.0 Å². The van der Waals surface area contributed by atoms with E-state index in [0.717, 1.165) is 30.4 Å². The van der Waals surface area contributed by atoms with Gasteiger partial charge < -0.3 is 0 Å². The molecule has 0 fully saturated rings. The monoisotopic (exact) mass is 165 g/mol. The van der Waals surface area contributed by atoms with Crippen LogP contribution in [0.15, 0.2) is 18.2 Å². The molecule has 65 valence electrons. The summed E-state index contributed by atoms with van der Waals surface area (Å²) in [6, 6.07) is 5.21. The summed E-state index contributed by atoms with van der Waals surface area (Å²) in [5.41, 5.74) is 1.89. The minimum Gasteiger partial charge on any atom is -0.207 e. The van der Waals surface area contributed by atoms with Gasteiger partial charge in [0.25, 0.3) is 0 Å². The molecule has 0 atom stereocenters. The van der Waals surface area contributed by atoms with E-state index >= 15 is 0 Å². The summed E-state index contributed by atoms with van der Waals surface area (Å²) in [5.74, 6) is -0.0801. The first-order valence-corrected chi connectivity index (χ1v) is 4.29. The van der Waals surface area contributed by atoms with Crippen molar-refractivity contribution in [3.8, 4) is 0 Å². The van der Waals surface area contributed by atoms with Crippen LogP contribution in [0.25, 0.3) is 0 Å². The van der Waals surface area contributed by atoms with Crippen LogP contribution in [0.5, 0.6) is 0 Å². The van der Waals surface area contributed by atoms with Gasteiger partial charge in [0.15, 0.2) is 0 Å². The summed E-state index contributed by atoms with van der Waals surface area (Å²) >= 11 is 0. The Morgan fingerprint density at radius 3 is 2.75 bits per heavy atom. The SMILES string of the molecule is [CH2]CCCc1c(C)cccc1F. The molecule has 0 saturated heterocycles. The first-order chi connectivity index (χ1) is 5.75. The van der Waals surface area contributed by atoms with Crippen molar-refractivity contribution in [3.63, 3.8) is 0 Å². The maximum atomic E-state index is 13.2. The molecule has 0 amide bonds. The van der Waals surface area contributed by atoms with Gasteiger partial charge in [-0.1, -0.05) is 25.5 Å². The van der Waals surface area contributed by atoms with Crippen LogP contribution in [0.4, 0.5) is 4.39 Å². The molecule has 0 aromatic heterocycles. The second-order valence-corrected chi connectivity index (χ2v) is 2.99. The number of unbranched alkanes of at least 4 members (excludes halogenated alkanes) is 1. The fraction of sp³-hybridized carbons (Fsp3) is 0.364. The topological polar surface area (TPSA) is 0 Å². The van der Waals surface area contributed by atoms with Crippen LogP contribution in [0.2, 0.25) is 0 Å². The fourth-order valence-corrected chi connectivity index (χ4v) is 1.28. The molecule has 0 heterocycles. The van der Waals surface area contributed by atoms with Crippen LogP contribution >= 0.6 is 0 Å². The number of benzene rings is 1. The Bertz CT molecular complexity index is 233. The van der Waals surface area contributed by atoms with Crippen molar-refractivity contribution < 1.29 is 4.39 Å². The van der Waals surface area contributed by atoms with Crippen LogP contribution in [0, 0.1) is 19.7 Å². The Kier molecular flexibility index (Phi) is 3.27. The van der Waals surface area contributed by atoms with E-state index in [-0.39, 0.29) is 5.82 Å². The van der Waals surface area contributed by atoms with Crippen LogP contribution in [-0.4, -0.2) is 0 Å². The molecule has 1 rings (SSSR count). The van der Waals surface area contributed by atoms with Crippen molar-refractivity contribution in [2.24, 2.45) is 0 Å². The lowest BCUT2D eigenvalue weighted by molar-refractivity contribution is 0.603. The highest BCUT2D eigenvalue weighted by Gasteiger charge is 2.03. The van der Waals surface area contributed by atoms with Gasteiger partial charge in [-0.3, -0.25) is 0 Å². The van der Waals surface area contributed by atoms with Gasteiger partial charge in [0.2, 0.25) is 0 Å². The van der Waals surface area contributed by atoms with Crippen LogP contribution in [-0.2, 0) is 6.42 Å². The number of aryl methyl sites for hydroxylation is 1. The molecule has 1 aromatic carbocycles. The van der Waals surface area contributed by atoms with Gasteiger partial charge in [-0.15, -0.1) is 0 Å². The van der Waals surface area contributed by atoms with Crippen LogP contribution in [0.1, 0.15) is 24.0 Å². The molecule has 0 bridgehead atoms. The Labute approximate surface area is 73.4 Å². The normalized spacial score (nSPS) is 10.2.